The second-order valence-corrected chi connectivity index (χ2v) is 7.94. The van der Waals surface area contributed by atoms with Crippen LogP contribution in [0.25, 0.3) is 0 Å². The van der Waals surface area contributed by atoms with Gasteiger partial charge in [-0.05, 0) is 43.9 Å². The van der Waals surface area contributed by atoms with Crippen molar-refractivity contribution in [2.24, 2.45) is 10.4 Å². The van der Waals surface area contributed by atoms with Crippen LogP contribution in [0.3, 0.4) is 0 Å². The number of nitrogens with zero attached hydrogens (tertiary/aromatic N) is 2. The second kappa shape index (κ2) is 9.47. The molecule has 1 atom stereocenters. The molecule has 0 radical (unpaired) electrons. The highest BCUT2D eigenvalue weighted by Crippen LogP contribution is 2.45. The summed E-state index contributed by atoms with van der Waals surface area (Å²) in [6.07, 6.45) is 3.23. The molecule has 2 fully saturated rings. The van der Waals surface area contributed by atoms with Crippen LogP contribution in [0.5, 0.6) is 11.5 Å². The van der Waals surface area contributed by atoms with Crippen LogP contribution in [0.1, 0.15) is 31.7 Å². The number of hydrogen-bond acceptors (Lipinski definition) is 5. The number of nitrogens with one attached hydrogen (secondary N) is 2. The minimum Gasteiger partial charge on any atom is -0.497 e. The van der Waals surface area contributed by atoms with Gasteiger partial charge in [-0.3, -0.25) is 9.89 Å². The number of rotatable bonds is 9. The van der Waals surface area contributed by atoms with Gasteiger partial charge >= 0.3 is 0 Å². The van der Waals surface area contributed by atoms with Gasteiger partial charge in [0.15, 0.2) is 5.96 Å². The van der Waals surface area contributed by atoms with E-state index in [0.717, 1.165) is 62.9 Å². The summed E-state index contributed by atoms with van der Waals surface area (Å²) in [5, 5.41) is 16.4. The van der Waals surface area contributed by atoms with E-state index in [2.05, 4.69) is 34.6 Å². The Bertz CT molecular complexity index is 653. The molecule has 1 saturated heterocycles. The van der Waals surface area contributed by atoms with E-state index in [-0.39, 0.29) is 12.0 Å². The van der Waals surface area contributed by atoms with Gasteiger partial charge in [-0.2, -0.15) is 0 Å². The molecule has 2 aliphatic rings. The van der Waals surface area contributed by atoms with Crippen molar-refractivity contribution in [1.29, 1.82) is 0 Å². The van der Waals surface area contributed by atoms with Gasteiger partial charge in [-0.25, -0.2) is 0 Å². The van der Waals surface area contributed by atoms with Gasteiger partial charge in [0.05, 0.1) is 27.4 Å². The minimum atomic E-state index is 0.0372. The predicted octanol–water partition coefficient (Wildman–Crippen LogP) is 1.61. The third kappa shape index (κ3) is 5.52. The fourth-order valence-corrected chi connectivity index (χ4v) is 3.61. The molecule has 0 aromatic heterocycles. The van der Waals surface area contributed by atoms with Crippen LogP contribution in [0, 0.1) is 5.41 Å². The largest absolute Gasteiger partial charge is 0.497 e. The number of benzene rings is 1. The molecule has 7 nitrogen and oxygen atoms in total. The number of aliphatic hydroxyl groups is 1. The van der Waals surface area contributed by atoms with Crippen molar-refractivity contribution in [2.75, 3.05) is 47.0 Å². The third-order valence-electron chi connectivity index (χ3n) is 5.64. The number of guanidine groups is 1. The predicted molar refractivity (Wildman–Crippen MR) is 111 cm³/mol. The summed E-state index contributed by atoms with van der Waals surface area (Å²) in [5.41, 5.74) is 1.23. The number of hydrogen-bond donors (Lipinski definition) is 3. The van der Waals surface area contributed by atoms with Crippen molar-refractivity contribution >= 4 is 5.96 Å². The first-order valence-corrected chi connectivity index (χ1v) is 10.2. The molecule has 0 amide bonds. The molecule has 28 heavy (non-hydrogen) atoms. The van der Waals surface area contributed by atoms with Crippen molar-refractivity contribution in [3.63, 3.8) is 0 Å². The van der Waals surface area contributed by atoms with Crippen molar-refractivity contribution in [1.82, 2.24) is 15.5 Å². The van der Waals surface area contributed by atoms with Crippen molar-refractivity contribution in [2.45, 2.75) is 38.8 Å². The van der Waals surface area contributed by atoms with Crippen LogP contribution in [0.4, 0.5) is 0 Å². The number of methoxy groups -OCH3 is 2. The molecule has 1 aliphatic carbocycles. The van der Waals surface area contributed by atoms with E-state index in [1.807, 2.05) is 6.07 Å². The van der Waals surface area contributed by atoms with Crippen molar-refractivity contribution < 1.29 is 14.6 Å². The molecule has 1 saturated carbocycles. The van der Waals surface area contributed by atoms with Crippen LogP contribution < -0.4 is 20.1 Å². The van der Waals surface area contributed by atoms with E-state index in [9.17, 15) is 5.11 Å². The van der Waals surface area contributed by atoms with E-state index < -0.39 is 0 Å². The van der Waals surface area contributed by atoms with E-state index >= 15 is 0 Å². The zero-order valence-electron chi connectivity index (χ0n) is 17.3. The lowest BCUT2D eigenvalue weighted by atomic mass is 10.1. The second-order valence-electron chi connectivity index (χ2n) is 7.94. The molecule has 1 aliphatic heterocycles. The molecule has 7 heteroatoms. The maximum absolute atomic E-state index is 9.50. The van der Waals surface area contributed by atoms with Crippen LogP contribution in [0.15, 0.2) is 23.2 Å². The molecule has 3 N–H and O–H groups in total. The summed E-state index contributed by atoms with van der Waals surface area (Å²) >= 11 is 0. The summed E-state index contributed by atoms with van der Waals surface area (Å²) in [7, 11) is 3.36. The van der Waals surface area contributed by atoms with E-state index in [0.29, 0.717) is 12.6 Å². The van der Waals surface area contributed by atoms with E-state index in [1.165, 1.54) is 5.56 Å². The van der Waals surface area contributed by atoms with Gasteiger partial charge in [0.2, 0.25) is 0 Å². The molecular formula is C21H34N4O3. The summed E-state index contributed by atoms with van der Waals surface area (Å²) in [6.45, 7) is 6.71. The summed E-state index contributed by atoms with van der Waals surface area (Å²) in [4.78, 5) is 7.16. The molecule has 1 heterocycles. The lowest BCUT2D eigenvalue weighted by Gasteiger charge is -2.20. The van der Waals surface area contributed by atoms with Gasteiger partial charge in [0.1, 0.15) is 11.5 Å². The number of aliphatic imine (C=N–C) groups is 1. The molecule has 1 aromatic rings. The third-order valence-corrected chi connectivity index (χ3v) is 5.64. The fourth-order valence-electron chi connectivity index (χ4n) is 3.61. The quantitative estimate of drug-likeness (QED) is 0.439. The number of aliphatic hydroxyl groups excluding tert-OH is 1. The Hall–Kier alpha value is -1.99. The topological polar surface area (TPSA) is 78.4 Å². The minimum absolute atomic E-state index is 0.0372. The molecule has 156 valence electrons. The Labute approximate surface area is 168 Å². The van der Waals surface area contributed by atoms with Gasteiger partial charge in [0.25, 0.3) is 0 Å². The van der Waals surface area contributed by atoms with Gasteiger partial charge in [-0.1, -0.05) is 0 Å². The normalized spacial score (nSPS) is 21.4. The summed E-state index contributed by atoms with van der Waals surface area (Å²) in [5.74, 6) is 2.50. The highest BCUT2D eigenvalue weighted by molar-refractivity contribution is 5.80. The Morgan fingerprint density at radius 1 is 1.25 bits per heavy atom. The monoisotopic (exact) mass is 390 g/mol. The SMILES string of the molecule is CCNC(=NCC1(CO)CC1)NC1CCN(Cc2cc(OC)cc(OC)c2)C1. The first-order chi connectivity index (χ1) is 13.6. The van der Waals surface area contributed by atoms with Crippen LogP contribution >= 0.6 is 0 Å². The number of ether oxygens (including phenoxy) is 2. The molecule has 1 aromatic carbocycles. The average molecular weight is 391 g/mol. The molecular weight excluding hydrogens is 356 g/mol. The maximum atomic E-state index is 9.50. The Morgan fingerprint density at radius 3 is 2.54 bits per heavy atom. The maximum Gasteiger partial charge on any atom is 0.191 e. The first-order valence-electron chi connectivity index (χ1n) is 10.2. The first kappa shape index (κ1) is 20.7. The fraction of sp³-hybridized carbons (Fsp3) is 0.667. The van der Waals surface area contributed by atoms with Gasteiger partial charge in [0, 0.05) is 43.7 Å². The Kier molecular flexibility index (Phi) is 7.02. The molecule has 1 unspecified atom stereocenters. The van der Waals surface area contributed by atoms with Crippen molar-refractivity contribution in [3.8, 4) is 11.5 Å². The van der Waals surface area contributed by atoms with Crippen LogP contribution in [-0.2, 0) is 6.54 Å². The zero-order chi connectivity index (χ0) is 20.0. The van der Waals surface area contributed by atoms with E-state index in [4.69, 9.17) is 14.5 Å². The standard InChI is InChI=1S/C21H34N4O3/c1-4-22-20(23-14-21(15-26)6-7-21)24-17-5-8-25(13-17)12-16-9-18(27-2)11-19(10-16)28-3/h9-11,17,26H,4-8,12-15H2,1-3H3,(H2,22,23,24). The average Bonchev–Trinajstić information content (AvgIpc) is 3.38. The van der Waals surface area contributed by atoms with Crippen LogP contribution in [0.2, 0.25) is 0 Å². The Morgan fingerprint density at radius 2 is 1.96 bits per heavy atom. The molecule has 0 spiro atoms. The summed E-state index contributed by atoms with van der Waals surface area (Å²) in [6, 6.07) is 6.41. The smallest absolute Gasteiger partial charge is 0.191 e. The summed E-state index contributed by atoms with van der Waals surface area (Å²) < 4.78 is 10.8. The van der Waals surface area contributed by atoms with Gasteiger partial charge < -0.3 is 25.2 Å². The molecule has 0 bridgehead atoms. The van der Waals surface area contributed by atoms with Crippen molar-refractivity contribution in [3.05, 3.63) is 23.8 Å². The highest BCUT2D eigenvalue weighted by Gasteiger charge is 2.41. The zero-order valence-corrected chi connectivity index (χ0v) is 17.3. The Balaban J connectivity index is 1.54. The lowest BCUT2D eigenvalue weighted by molar-refractivity contribution is 0.216. The lowest BCUT2D eigenvalue weighted by Crippen LogP contribution is -2.44. The highest BCUT2D eigenvalue weighted by atomic mass is 16.5. The van der Waals surface area contributed by atoms with Crippen LogP contribution in [-0.4, -0.2) is 69.0 Å². The number of likely N-dealkylation sites (tertiary alicyclic amines) is 1. The molecule has 3 rings (SSSR count). The van der Waals surface area contributed by atoms with Gasteiger partial charge in [-0.15, -0.1) is 0 Å². The van der Waals surface area contributed by atoms with E-state index in [1.54, 1.807) is 14.2 Å².